The molecule has 0 saturated carbocycles. The van der Waals surface area contributed by atoms with E-state index in [-0.39, 0.29) is 19.0 Å². The van der Waals surface area contributed by atoms with E-state index in [1.165, 1.54) is 0 Å². The number of amides is 1. The van der Waals surface area contributed by atoms with Gasteiger partial charge < -0.3 is 14.5 Å². The molecule has 3 aromatic rings. The van der Waals surface area contributed by atoms with Crippen molar-refractivity contribution >= 4 is 23.0 Å². The summed E-state index contributed by atoms with van der Waals surface area (Å²) in [7, 11) is 0. The number of nitriles is 1. The third-order valence-electron chi connectivity index (χ3n) is 3.63. The molecule has 7 nitrogen and oxygen atoms in total. The summed E-state index contributed by atoms with van der Waals surface area (Å²) in [5, 5.41) is 11.6. The summed E-state index contributed by atoms with van der Waals surface area (Å²) in [4.78, 5) is 28.1. The highest BCUT2D eigenvalue weighted by molar-refractivity contribution is 5.91. The highest BCUT2D eigenvalue weighted by Gasteiger charge is 2.26. The Morgan fingerprint density at radius 3 is 2.62 bits per heavy atom. The number of benzene rings is 2. The van der Waals surface area contributed by atoms with E-state index in [0.717, 1.165) is 5.56 Å². The van der Waals surface area contributed by atoms with E-state index in [4.69, 9.17) is 9.15 Å². The number of nitrogens with one attached hydrogen (secondary N) is 1. The monoisotopic (exact) mass is 349 g/mol. The number of ketones is 1. The van der Waals surface area contributed by atoms with Crippen LogP contribution >= 0.6 is 0 Å². The minimum Gasteiger partial charge on any atom is -0.445 e. The molecule has 0 saturated heterocycles. The highest BCUT2D eigenvalue weighted by Crippen LogP contribution is 2.21. The van der Waals surface area contributed by atoms with Gasteiger partial charge in [-0.15, -0.1) is 0 Å². The molecule has 0 unspecified atom stereocenters. The number of nitrogens with zero attached hydrogens (tertiary/aromatic N) is 2. The third kappa shape index (κ3) is 4.05. The molecule has 0 aliphatic heterocycles. The molecule has 7 heteroatoms. The van der Waals surface area contributed by atoms with E-state index < -0.39 is 17.8 Å². The lowest BCUT2D eigenvalue weighted by molar-refractivity contribution is -0.118. The Morgan fingerprint density at radius 2 is 1.88 bits per heavy atom. The molecule has 0 aliphatic carbocycles. The normalized spacial score (nSPS) is 11.5. The van der Waals surface area contributed by atoms with Gasteiger partial charge in [-0.2, -0.15) is 5.26 Å². The topological polar surface area (TPSA) is 105 Å². The molecule has 26 heavy (non-hydrogen) atoms. The number of alkyl carbamates (subject to hydrolysis) is 1. The van der Waals surface area contributed by atoms with Crippen LogP contribution in [-0.2, 0) is 16.1 Å². The van der Waals surface area contributed by atoms with Crippen LogP contribution < -0.4 is 5.32 Å². The van der Waals surface area contributed by atoms with Gasteiger partial charge in [0.05, 0.1) is 12.6 Å². The first-order valence-electron chi connectivity index (χ1n) is 7.89. The minimum atomic E-state index is -1.20. The van der Waals surface area contributed by atoms with Crippen molar-refractivity contribution in [2.24, 2.45) is 0 Å². The molecule has 1 heterocycles. The van der Waals surface area contributed by atoms with Gasteiger partial charge in [-0.25, -0.2) is 9.78 Å². The zero-order chi connectivity index (χ0) is 18.4. The van der Waals surface area contributed by atoms with Crippen LogP contribution in [0.3, 0.4) is 0 Å². The number of Topliss-reactive ketones (excluding diaryl/α,β-unsaturated/α-hetero) is 1. The molecule has 1 N–H and O–H groups in total. The molecule has 130 valence electrons. The smallest absolute Gasteiger partial charge is 0.407 e. The van der Waals surface area contributed by atoms with Crippen LogP contribution in [-0.4, -0.2) is 23.4 Å². The van der Waals surface area contributed by atoms with E-state index in [9.17, 15) is 14.9 Å². The average Bonchev–Trinajstić information content (AvgIpc) is 3.09. The van der Waals surface area contributed by atoms with Crippen LogP contribution in [0.1, 0.15) is 17.4 Å². The molecule has 3 rings (SSSR count). The Bertz CT molecular complexity index is 927. The molecule has 2 aromatic carbocycles. The molecule has 0 fully saturated rings. The number of oxazole rings is 1. The lowest BCUT2D eigenvalue weighted by atomic mass is 10.1. The number of fused-ring (bicyclic) bond motifs is 1. The number of rotatable bonds is 6. The van der Waals surface area contributed by atoms with Crippen molar-refractivity contribution in [2.45, 2.75) is 12.5 Å². The lowest BCUT2D eigenvalue weighted by Crippen LogP contribution is -2.32. The summed E-state index contributed by atoms with van der Waals surface area (Å²) in [5.74, 6) is -1.72. The van der Waals surface area contributed by atoms with Gasteiger partial charge in [-0.05, 0) is 17.7 Å². The molecular weight excluding hydrogens is 334 g/mol. The van der Waals surface area contributed by atoms with Crippen molar-refractivity contribution < 1.29 is 18.7 Å². The van der Waals surface area contributed by atoms with Crippen molar-refractivity contribution in [2.75, 3.05) is 6.54 Å². The molecule has 1 amide bonds. The van der Waals surface area contributed by atoms with Gasteiger partial charge in [0, 0.05) is 0 Å². The van der Waals surface area contributed by atoms with E-state index in [2.05, 4.69) is 10.3 Å². The largest absolute Gasteiger partial charge is 0.445 e. The predicted octanol–water partition coefficient (Wildman–Crippen LogP) is 2.93. The van der Waals surface area contributed by atoms with Gasteiger partial charge in [0.1, 0.15) is 12.1 Å². The fourth-order valence-electron chi connectivity index (χ4n) is 2.31. The summed E-state index contributed by atoms with van der Waals surface area (Å²) in [6, 6.07) is 18.0. The Hall–Kier alpha value is -3.66. The average molecular weight is 349 g/mol. The van der Waals surface area contributed by atoms with Crippen LogP contribution in [0.4, 0.5) is 4.79 Å². The summed E-state index contributed by atoms with van der Waals surface area (Å²) < 4.78 is 10.5. The van der Waals surface area contributed by atoms with Crippen molar-refractivity contribution in [3.8, 4) is 6.07 Å². The summed E-state index contributed by atoms with van der Waals surface area (Å²) in [5.41, 5.74) is 1.88. The molecular formula is C19H15N3O4. The van der Waals surface area contributed by atoms with Crippen LogP contribution in [0, 0.1) is 11.3 Å². The van der Waals surface area contributed by atoms with E-state index in [0.29, 0.717) is 11.1 Å². The SMILES string of the molecule is N#C[C@@H](C(=O)CNC(=O)OCc1ccccc1)c1nc2ccccc2o1. The van der Waals surface area contributed by atoms with Gasteiger partial charge in [-0.1, -0.05) is 42.5 Å². The van der Waals surface area contributed by atoms with Gasteiger partial charge in [0.25, 0.3) is 0 Å². The first-order valence-corrected chi connectivity index (χ1v) is 7.89. The first-order chi connectivity index (χ1) is 12.7. The quantitative estimate of drug-likeness (QED) is 0.733. The van der Waals surface area contributed by atoms with Crippen LogP contribution in [0.2, 0.25) is 0 Å². The Morgan fingerprint density at radius 1 is 1.15 bits per heavy atom. The molecule has 0 bridgehead atoms. The van der Waals surface area contributed by atoms with Crippen LogP contribution in [0.15, 0.2) is 59.0 Å². The van der Waals surface area contributed by atoms with Gasteiger partial charge in [0.2, 0.25) is 5.89 Å². The summed E-state index contributed by atoms with van der Waals surface area (Å²) >= 11 is 0. The summed E-state index contributed by atoms with van der Waals surface area (Å²) in [6.45, 7) is -0.266. The van der Waals surface area contributed by atoms with E-state index in [1.54, 1.807) is 24.3 Å². The Balaban J connectivity index is 1.56. The number of aromatic nitrogens is 1. The maximum absolute atomic E-state index is 12.2. The molecule has 0 spiro atoms. The number of carbonyl (C=O) groups is 2. The van der Waals surface area contributed by atoms with E-state index >= 15 is 0 Å². The first kappa shape index (κ1) is 17.2. The van der Waals surface area contributed by atoms with Gasteiger partial charge in [0.15, 0.2) is 17.3 Å². The van der Waals surface area contributed by atoms with Gasteiger partial charge in [-0.3, -0.25) is 4.79 Å². The second-order valence-electron chi connectivity index (χ2n) is 5.46. The third-order valence-corrected chi connectivity index (χ3v) is 3.63. The molecule has 0 aliphatic rings. The van der Waals surface area contributed by atoms with Crippen molar-refractivity contribution in [1.82, 2.24) is 10.3 Å². The van der Waals surface area contributed by atoms with Crippen LogP contribution in [0.5, 0.6) is 0 Å². The minimum absolute atomic E-state index is 0.0122. The number of ether oxygens (including phenoxy) is 1. The lowest BCUT2D eigenvalue weighted by Gasteiger charge is -2.08. The van der Waals surface area contributed by atoms with Gasteiger partial charge >= 0.3 is 6.09 Å². The number of carbonyl (C=O) groups excluding carboxylic acids is 2. The zero-order valence-electron chi connectivity index (χ0n) is 13.7. The maximum atomic E-state index is 12.2. The predicted molar refractivity (Wildman–Crippen MR) is 92.0 cm³/mol. The summed E-state index contributed by atoms with van der Waals surface area (Å²) in [6.07, 6.45) is -0.739. The standard InChI is InChI=1S/C19H15N3O4/c20-10-14(18-22-15-8-4-5-9-17(15)26-18)16(23)11-21-19(24)25-12-13-6-2-1-3-7-13/h1-9,14H,11-12H2,(H,21,24)/t14-/m0/s1. The molecule has 1 atom stereocenters. The zero-order valence-corrected chi connectivity index (χ0v) is 13.7. The van der Waals surface area contributed by atoms with Crippen molar-refractivity contribution in [3.05, 3.63) is 66.1 Å². The second kappa shape index (κ2) is 7.94. The van der Waals surface area contributed by atoms with Crippen LogP contribution in [0.25, 0.3) is 11.1 Å². The van der Waals surface area contributed by atoms with Crippen molar-refractivity contribution in [1.29, 1.82) is 5.26 Å². The Labute approximate surface area is 149 Å². The fourth-order valence-corrected chi connectivity index (χ4v) is 2.31. The molecule has 1 aromatic heterocycles. The van der Waals surface area contributed by atoms with E-state index in [1.807, 2.05) is 36.4 Å². The second-order valence-corrected chi connectivity index (χ2v) is 5.46. The number of hydrogen-bond acceptors (Lipinski definition) is 6. The Kier molecular flexibility index (Phi) is 5.25. The van der Waals surface area contributed by atoms with Crippen molar-refractivity contribution in [3.63, 3.8) is 0 Å². The highest BCUT2D eigenvalue weighted by atomic mass is 16.5. The maximum Gasteiger partial charge on any atom is 0.407 e. The molecule has 0 radical (unpaired) electrons. The number of para-hydroxylation sites is 2. The number of hydrogen-bond donors (Lipinski definition) is 1. The fraction of sp³-hybridized carbons (Fsp3) is 0.158.